The Kier molecular flexibility index (Phi) is 6.49. The number of phenolic OH excluding ortho intramolecular Hbond substituents is 1. The number of rotatable bonds is 7. The average Bonchev–Trinajstić information content (AvgIpc) is 3.38. The maximum atomic E-state index is 15.6. The van der Waals surface area contributed by atoms with E-state index in [4.69, 9.17) is 4.74 Å². The van der Waals surface area contributed by atoms with Gasteiger partial charge in [0.1, 0.15) is 11.3 Å². The molecule has 0 radical (unpaired) electrons. The summed E-state index contributed by atoms with van der Waals surface area (Å²) in [5, 5.41) is 10.5. The first-order chi connectivity index (χ1) is 18.8. The van der Waals surface area contributed by atoms with Crippen LogP contribution in [0.5, 0.6) is 11.5 Å². The fraction of sp³-hybridized carbons (Fsp3) is 0.467. The Morgan fingerprint density at radius 2 is 1.92 bits per heavy atom. The van der Waals surface area contributed by atoms with Crippen molar-refractivity contribution in [2.45, 2.75) is 57.0 Å². The van der Waals surface area contributed by atoms with E-state index >= 15 is 4.39 Å². The molecule has 9 heteroatoms. The van der Waals surface area contributed by atoms with Gasteiger partial charge in [0.15, 0.2) is 11.6 Å². The van der Waals surface area contributed by atoms with E-state index in [0.717, 1.165) is 31.6 Å². The van der Waals surface area contributed by atoms with Crippen molar-refractivity contribution in [2.75, 3.05) is 33.3 Å². The van der Waals surface area contributed by atoms with Crippen LogP contribution >= 0.6 is 0 Å². The van der Waals surface area contributed by atoms with Crippen LogP contribution in [0.1, 0.15) is 55.5 Å². The molecule has 2 atom stereocenters. The van der Waals surface area contributed by atoms with Gasteiger partial charge in [0.05, 0.1) is 13.2 Å². The molecule has 206 valence electrons. The second-order valence-electron chi connectivity index (χ2n) is 11.2. The molecule has 0 aliphatic carbocycles. The van der Waals surface area contributed by atoms with Gasteiger partial charge in [0, 0.05) is 29.6 Å². The minimum atomic E-state index is -1.15. The Hall–Kier alpha value is -3.59. The molecule has 3 aliphatic rings. The van der Waals surface area contributed by atoms with Gasteiger partial charge >= 0.3 is 6.03 Å². The zero-order valence-corrected chi connectivity index (χ0v) is 22.5. The van der Waals surface area contributed by atoms with Gasteiger partial charge in [-0.15, -0.1) is 0 Å². The first kappa shape index (κ1) is 25.7. The molecule has 0 saturated carbocycles. The number of likely N-dealkylation sites (tertiary alicyclic amines) is 1. The number of methoxy groups -OCH3 is 1. The molecule has 2 N–H and O–H groups in total. The maximum Gasteiger partial charge on any atom is 0.328 e. The quantitative estimate of drug-likeness (QED) is 0.427. The smallest absolute Gasteiger partial charge is 0.328 e. The molecule has 6 rings (SSSR count). The number of imide groups is 1. The number of H-pyrrole nitrogens is 1. The molecule has 0 bridgehead atoms. The number of nitrogens with zero attached hydrogens (tertiary/aromatic N) is 3. The van der Waals surface area contributed by atoms with E-state index in [1.54, 1.807) is 42.2 Å². The molecule has 2 aromatic carbocycles. The number of halogens is 1. The van der Waals surface area contributed by atoms with Crippen molar-refractivity contribution in [3.05, 3.63) is 59.0 Å². The van der Waals surface area contributed by atoms with Crippen LogP contribution in [0.4, 0.5) is 9.18 Å². The molecule has 39 heavy (non-hydrogen) atoms. The van der Waals surface area contributed by atoms with Crippen LogP contribution in [0.3, 0.4) is 0 Å². The van der Waals surface area contributed by atoms with E-state index in [2.05, 4.69) is 9.88 Å². The molecule has 3 amide bonds. The summed E-state index contributed by atoms with van der Waals surface area (Å²) in [6.45, 7) is 5.14. The summed E-state index contributed by atoms with van der Waals surface area (Å²) in [4.78, 5) is 36.8. The number of benzene rings is 2. The van der Waals surface area contributed by atoms with Gasteiger partial charge in [0.25, 0.3) is 5.91 Å². The normalized spacial score (nSPS) is 23.4. The summed E-state index contributed by atoms with van der Waals surface area (Å²) < 4.78 is 20.9. The molecule has 2 saturated heterocycles. The zero-order valence-electron chi connectivity index (χ0n) is 22.5. The van der Waals surface area contributed by atoms with Crippen molar-refractivity contribution < 1.29 is 23.8 Å². The Balaban J connectivity index is 1.38. The maximum absolute atomic E-state index is 15.6. The van der Waals surface area contributed by atoms with Gasteiger partial charge in [-0.3, -0.25) is 9.69 Å². The van der Waals surface area contributed by atoms with Crippen molar-refractivity contribution >= 4 is 22.8 Å². The summed E-state index contributed by atoms with van der Waals surface area (Å²) in [6, 6.07) is 9.40. The van der Waals surface area contributed by atoms with E-state index in [1.165, 1.54) is 31.3 Å². The number of piperidine rings is 1. The summed E-state index contributed by atoms with van der Waals surface area (Å²) in [6.07, 6.45) is 4.93. The Morgan fingerprint density at radius 1 is 1.13 bits per heavy atom. The molecule has 3 aliphatic heterocycles. The fourth-order valence-corrected chi connectivity index (χ4v) is 6.80. The third kappa shape index (κ3) is 4.23. The minimum absolute atomic E-state index is 0.127. The van der Waals surface area contributed by atoms with Gasteiger partial charge in [-0.2, -0.15) is 0 Å². The SMILES string of the molecule is COc1ccc2[nH]c3c(c2c1F)C[C@@]1(C)C(=O)N(CCCN2CCCCC2)C(=O)N1C3Cc1cccc(O)c1. The lowest BCUT2D eigenvalue weighted by Gasteiger charge is -2.42. The highest BCUT2D eigenvalue weighted by molar-refractivity contribution is 6.08. The molecule has 0 spiro atoms. The van der Waals surface area contributed by atoms with Crippen molar-refractivity contribution in [3.63, 3.8) is 0 Å². The van der Waals surface area contributed by atoms with E-state index in [1.807, 2.05) is 6.07 Å². The number of urea groups is 1. The third-order valence-electron chi connectivity index (χ3n) is 8.71. The number of hydrogen-bond acceptors (Lipinski definition) is 5. The number of fused-ring (bicyclic) bond motifs is 4. The lowest BCUT2D eigenvalue weighted by Crippen LogP contribution is -2.53. The van der Waals surface area contributed by atoms with E-state index in [9.17, 15) is 14.7 Å². The average molecular weight is 535 g/mol. The number of aromatic nitrogens is 1. The van der Waals surface area contributed by atoms with Gasteiger partial charge in [0.2, 0.25) is 0 Å². The van der Waals surface area contributed by atoms with Crippen LogP contribution in [0.15, 0.2) is 36.4 Å². The third-order valence-corrected chi connectivity index (χ3v) is 8.71. The number of phenols is 1. The number of nitrogens with one attached hydrogen (secondary N) is 1. The van der Waals surface area contributed by atoms with Crippen LogP contribution < -0.4 is 4.74 Å². The number of amides is 3. The number of carbonyl (C=O) groups excluding carboxylic acids is 2. The van der Waals surface area contributed by atoms with Crippen molar-refractivity contribution in [1.29, 1.82) is 0 Å². The highest BCUT2D eigenvalue weighted by Crippen LogP contribution is 2.48. The topological polar surface area (TPSA) is 89.1 Å². The molecule has 1 unspecified atom stereocenters. The van der Waals surface area contributed by atoms with Crippen LogP contribution in [0.2, 0.25) is 0 Å². The summed E-state index contributed by atoms with van der Waals surface area (Å²) in [5.41, 5.74) is 1.68. The van der Waals surface area contributed by atoms with Gasteiger partial charge in [-0.1, -0.05) is 18.6 Å². The van der Waals surface area contributed by atoms with Gasteiger partial charge in [-0.05, 0) is 87.6 Å². The monoisotopic (exact) mass is 534 g/mol. The highest BCUT2D eigenvalue weighted by atomic mass is 19.1. The fourth-order valence-electron chi connectivity index (χ4n) is 6.80. The first-order valence-corrected chi connectivity index (χ1v) is 13.8. The number of ether oxygens (including phenoxy) is 1. The molecular formula is C30H35FN4O4. The Labute approximate surface area is 227 Å². The van der Waals surface area contributed by atoms with E-state index < -0.39 is 17.4 Å². The Morgan fingerprint density at radius 3 is 2.67 bits per heavy atom. The standard InChI is InChI=1S/C30H35FN4O4/c1-30-18-21-25-22(10-11-24(39-2)26(25)31)32-27(21)23(17-19-8-6-9-20(36)16-19)35(30)29(38)34(28(30)37)15-7-14-33-12-4-3-5-13-33/h6,8-11,16,23,32,36H,3-5,7,12-15,17-18H2,1-2H3/t23?,30-/m0/s1. The summed E-state index contributed by atoms with van der Waals surface area (Å²) in [5.74, 6) is -0.456. The van der Waals surface area contributed by atoms with E-state index in [-0.39, 0.29) is 29.9 Å². The van der Waals surface area contributed by atoms with Crippen LogP contribution in [-0.4, -0.2) is 75.6 Å². The van der Waals surface area contributed by atoms with Crippen LogP contribution in [-0.2, 0) is 17.6 Å². The van der Waals surface area contributed by atoms with Gasteiger partial charge < -0.3 is 24.6 Å². The predicted molar refractivity (Wildman–Crippen MR) is 145 cm³/mol. The molecule has 2 fully saturated rings. The van der Waals surface area contributed by atoms with Crippen LogP contribution in [0, 0.1) is 5.82 Å². The van der Waals surface area contributed by atoms with Crippen molar-refractivity contribution in [2.24, 2.45) is 0 Å². The number of hydrogen-bond donors (Lipinski definition) is 2. The molecule has 8 nitrogen and oxygen atoms in total. The first-order valence-electron chi connectivity index (χ1n) is 13.8. The largest absolute Gasteiger partial charge is 0.508 e. The predicted octanol–water partition coefficient (Wildman–Crippen LogP) is 4.76. The second-order valence-corrected chi connectivity index (χ2v) is 11.2. The zero-order chi connectivity index (χ0) is 27.3. The van der Waals surface area contributed by atoms with Crippen molar-refractivity contribution in [1.82, 2.24) is 19.7 Å². The van der Waals surface area contributed by atoms with Crippen molar-refractivity contribution in [3.8, 4) is 11.5 Å². The molecule has 4 heterocycles. The number of aromatic hydroxyl groups is 1. The molecule has 3 aromatic rings. The highest BCUT2D eigenvalue weighted by Gasteiger charge is 2.59. The molecular weight excluding hydrogens is 499 g/mol. The Bertz CT molecular complexity index is 1430. The summed E-state index contributed by atoms with van der Waals surface area (Å²) >= 11 is 0. The number of carbonyl (C=O) groups is 2. The summed E-state index contributed by atoms with van der Waals surface area (Å²) in [7, 11) is 1.43. The lowest BCUT2D eigenvalue weighted by molar-refractivity contribution is -0.133. The second kappa shape index (κ2) is 9.86. The van der Waals surface area contributed by atoms with E-state index in [0.29, 0.717) is 35.1 Å². The number of aromatic amines is 1. The van der Waals surface area contributed by atoms with Gasteiger partial charge in [-0.25, -0.2) is 9.18 Å². The van der Waals surface area contributed by atoms with Crippen LogP contribution in [0.25, 0.3) is 10.9 Å². The lowest BCUT2D eigenvalue weighted by atomic mass is 9.81. The minimum Gasteiger partial charge on any atom is -0.508 e. The molecule has 1 aromatic heterocycles.